The summed E-state index contributed by atoms with van der Waals surface area (Å²) in [6.07, 6.45) is 1.56. The number of nitriles is 1. The van der Waals surface area contributed by atoms with Crippen molar-refractivity contribution in [2.45, 2.75) is 6.42 Å². The van der Waals surface area contributed by atoms with E-state index in [0.717, 1.165) is 0 Å². The van der Waals surface area contributed by atoms with Gasteiger partial charge < -0.3 is 19.5 Å². The molecule has 0 saturated heterocycles. The van der Waals surface area contributed by atoms with E-state index in [0.29, 0.717) is 61.1 Å². The lowest BCUT2D eigenvalue weighted by Crippen LogP contribution is -2.16. The van der Waals surface area contributed by atoms with Gasteiger partial charge in [0, 0.05) is 11.8 Å². The number of benzene rings is 2. The number of nitrogens with one attached hydrogen (secondary N) is 2. The number of anilines is 1. The molecule has 2 heterocycles. The van der Waals surface area contributed by atoms with Crippen molar-refractivity contribution in [3.63, 3.8) is 0 Å². The van der Waals surface area contributed by atoms with E-state index in [1.165, 1.54) is 32.0 Å². The number of fused-ring (bicyclic) bond motifs is 1. The Balaban J connectivity index is 1.79. The summed E-state index contributed by atoms with van der Waals surface area (Å²) in [5, 5.41) is 16.1. The van der Waals surface area contributed by atoms with Crippen molar-refractivity contribution < 1.29 is 19.0 Å². The first-order valence-electron chi connectivity index (χ1n) is 9.94. The van der Waals surface area contributed by atoms with E-state index < -0.39 is 0 Å². The lowest BCUT2D eigenvalue weighted by atomic mass is 10.1. The average Bonchev–Trinajstić information content (AvgIpc) is 3.40. The second kappa shape index (κ2) is 9.55. The molecule has 0 radical (unpaired) electrons. The van der Waals surface area contributed by atoms with Crippen molar-refractivity contribution in [3.8, 4) is 34.6 Å². The van der Waals surface area contributed by atoms with Crippen LogP contribution in [0.15, 0.2) is 36.5 Å². The van der Waals surface area contributed by atoms with Crippen molar-refractivity contribution in [3.05, 3.63) is 57.7 Å². The van der Waals surface area contributed by atoms with Crippen LogP contribution in [0.25, 0.3) is 16.9 Å². The fourth-order valence-electron chi connectivity index (χ4n) is 3.55. The van der Waals surface area contributed by atoms with E-state index in [1.807, 2.05) is 0 Å². The van der Waals surface area contributed by atoms with Gasteiger partial charge in [0.1, 0.15) is 17.3 Å². The minimum Gasteiger partial charge on any atom is -0.493 e. The van der Waals surface area contributed by atoms with Crippen molar-refractivity contribution in [2.75, 3.05) is 26.6 Å². The molecule has 9 nitrogen and oxygen atoms in total. The molecule has 4 rings (SSSR count). The quantitative estimate of drug-likeness (QED) is 0.380. The van der Waals surface area contributed by atoms with Crippen LogP contribution in [0, 0.1) is 11.3 Å². The summed E-state index contributed by atoms with van der Waals surface area (Å²) in [6, 6.07) is 10.5. The lowest BCUT2D eigenvalue weighted by molar-refractivity contribution is -0.115. The predicted molar refractivity (Wildman–Crippen MR) is 128 cm³/mol. The first kappa shape index (κ1) is 23.3. The highest BCUT2D eigenvalue weighted by Gasteiger charge is 2.23. The Morgan fingerprint density at radius 3 is 2.41 bits per heavy atom. The minimum atomic E-state index is -0.318. The number of carbonyl (C=O) groups is 1. The molecule has 0 fully saturated rings. The number of carbonyl (C=O) groups excluding carboxylic acids is 1. The molecule has 2 aromatic heterocycles. The Morgan fingerprint density at radius 1 is 1.12 bits per heavy atom. The van der Waals surface area contributed by atoms with Crippen molar-refractivity contribution >= 4 is 40.6 Å². The lowest BCUT2D eigenvalue weighted by Gasteiger charge is -2.14. The number of amides is 1. The second-order valence-corrected chi connectivity index (χ2v) is 7.97. The van der Waals surface area contributed by atoms with E-state index in [9.17, 15) is 10.1 Å². The predicted octanol–water partition coefficient (Wildman–Crippen LogP) is 4.71. The van der Waals surface area contributed by atoms with E-state index in [2.05, 4.69) is 21.5 Å². The van der Waals surface area contributed by atoms with Gasteiger partial charge in [-0.05, 0) is 29.8 Å². The summed E-state index contributed by atoms with van der Waals surface area (Å²) in [7, 11) is 4.52. The third-order valence-electron chi connectivity index (χ3n) is 5.12. The van der Waals surface area contributed by atoms with Gasteiger partial charge in [-0.1, -0.05) is 29.3 Å². The molecule has 0 spiro atoms. The summed E-state index contributed by atoms with van der Waals surface area (Å²) >= 11 is 12.0. The molecule has 4 aromatic rings. The summed E-state index contributed by atoms with van der Waals surface area (Å²) in [6.45, 7) is 0. The molecule has 2 aromatic carbocycles. The molecule has 0 bridgehead atoms. The topological polar surface area (TPSA) is 114 Å². The summed E-state index contributed by atoms with van der Waals surface area (Å²) in [5.74, 6) is 1.28. The van der Waals surface area contributed by atoms with Crippen LogP contribution in [0.1, 0.15) is 11.1 Å². The summed E-state index contributed by atoms with van der Waals surface area (Å²) in [4.78, 5) is 17.6. The Kier molecular flexibility index (Phi) is 6.54. The smallest absolute Gasteiger partial charge is 0.230 e. The van der Waals surface area contributed by atoms with Gasteiger partial charge in [0.25, 0.3) is 0 Å². The molecule has 0 aliphatic carbocycles. The van der Waals surface area contributed by atoms with E-state index in [1.54, 1.807) is 30.3 Å². The first-order chi connectivity index (χ1) is 16.4. The van der Waals surface area contributed by atoms with E-state index in [-0.39, 0.29) is 12.3 Å². The highest BCUT2D eigenvalue weighted by molar-refractivity contribution is 6.42. The van der Waals surface area contributed by atoms with Gasteiger partial charge >= 0.3 is 0 Å². The maximum Gasteiger partial charge on any atom is 0.230 e. The molecule has 34 heavy (non-hydrogen) atoms. The Bertz CT molecular complexity index is 1410. The van der Waals surface area contributed by atoms with E-state index >= 15 is 0 Å². The Morgan fingerprint density at radius 2 is 1.82 bits per heavy atom. The zero-order valence-electron chi connectivity index (χ0n) is 18.4. The first-order valence-corrected chi connectivity index (χ1v) is 10.7. The highest BCUT2D eigenvalue weighted by Crippen LogP contribution is 2.42. The van der Waals surface area contributed by atoms with Gasteiger partial charge in [-0.25, -0.2) is 9.50 Å². The van der Waals surface area contributed by atoms with Crippen LogP contribution >= 0.6 is 23.2 Å². The van der Waals surface area contributed by atoms with Gasteiger partial charge in [0.2, 0.25) is 11.7 Å². The number of aromatic amines is 1. The van der Waals surface area contributed by atoms with Crippen LogP contribution < -0.4 is 19.5 Å². The molecular formula is C23H19Cl2N5O4. The number of ether oxygens (including phenoxy) is 3. The number of hydrogen-bond donors (Lipinski definition) is 2. The summed E-state index contributed by atoms with van der Waals surface area (Å²) in [5.41, 5.74) is 2.35. The van der Waals surface area contributed by atoms with Gasteiger partial charge in [0.05, 0.1) is 37.8 Å². The second-order valence-electron chi connectivity index (χ2n) is 7.15. The Labute approximate surface area is 204 Å². The zero-order valence-corrected chi connectivity index (χ0v) is 19.9. The molecule has 174 valence electrons. The van der Waals surface area contributed by atoms with Gasteiger partial charge in [0.15, 0.2) is 23.0 Å². The third kappa shape index (κ3) is 4.21. The van der Waals surface area contributed by atoms with Crippen LogP contribution in [0.2, 0.25) is 10.0 Å². The largest absolute Gasteiger partial charge is 0.493 e. The van der Waals surface area contributed by atoms with Crippen LogP contribution in [-0.2, 0) is 11.2 Å². The molecule has 0 atom stereocenters. The zero-order chi connectivity index (χ0) is 24.4. The number of aromatic nitrogens is 3. The number of nitrogens with zero attached hydrogens (tertiary/aromatic N) is 3. The SMILES string of the molecule is COc1cc(-c2nc3c(C#N)c[nH]n3c2NC(=O)Cc2ccc(Cl)c(Cl)c2)cc(OC)c1OC. The molecule has 2 N–H and O–H groups in total. The molecule has 0 aliphatic rings. The van der Waals surface area contributed by atoms with Crippen LogP contribution in [0.4, 0.5) is 5.82 Å². The van der Waals surface area contributed by atoms with Crippen LogP contribution in [0.5, 0.6) is 17.2 Å². The van der Waals surface area contributed by atoms with Crippen molar-refractivity contribution in [1.82, 2.24) is 14.6 Å². The maximum absolute atomic E-state index is 12.9. The van der Waals surface area contributed by atoms with Crippen molar-refractivity contribution in [2.24, 2.45) is 0 Å². The number of H-pyrrole nitrogens is 1. The molecule has 0 saturated carbocycles. The molecule has 0 aliphatic heterocycles. The minimum absolute atomic E-state index is 0.0463. The Hall–Kier alpha value is -3.87. The maximum atomic E-state index is 12.9. The van der Waals surface area contributed by atoms with Crippen LogP contribution in [-0.4, -0.2) is 41.8 Å². The molecule has 0 unspecified atom stereocenters. The standard InChI is InChI=1S/C23H19Cl2N5O4/c1-32-17-8-13(9-18(33-2)21(17)34-3)20-23(30-22(29-20)14(10-26)11-27-30)28-19(31)7-12-4-5-15(24)16(25)6-12/h4-6,8-9,11,27H,7H2,1-3H3,(H,28,31). The monoisotopic (exact) mass is 499 g/mol. The van der Waals surface area contributed by atoms with Crippen molar-refractivity contribution in [1.29, 1.82) is 5.26 Å². The normalized spacial score (nSPS) is 10.7. The average molecular weight is 500 g/mol. The third-order valence-corrected chi connectivity index (χ3v) is 5.86. The molecular weight excluding hydrogens is 481 g/mol. The number of methoxy groups -OCH3 is 3. The molecule has 11 heteroatoms. The van der Waals surface area contributed by atoms with Gasteiger partial charge in [-0.15, -0.1) is 0 Å². The van der Waals surface area contributed by atoms with E-state index in [4.69, 9.17) is 37.4 Å². The molecule has 1 amide bonds. The fraction of sp³-hybridized carbons (Fsp3) is 0.174. The number of rotatable bonds is 7. The van der Waals surface area contributed by atoms with Gasteiger partial charge in [-0.3, -0.25) is 9.89 Å². The number of imidazole rings is 1. The number of halogens is 2. The van der Waals surface area contributed by atoms with Crippen LogP contribution in [0.3, 0.4) is 0 Å². The fourth-order valence-corrected chi connectivity index (χ4v) is 3.87. The highest BCUT2D eigenvalue weighted by atomic mass is 35.5. The summed E-state index contributed by atoms with van der Waals surface area (Å²) < 4.78 is 17.8. The number of hydrogen-bond acceptors (Lipinski definition) is 6. The van der Waals surface area contributed by atoms with Gasteiger partial charge in [-0.2, -0.15) is 5.26 Å².